The molecular weight excluding hydrogens is 508 g/mol. The molecule has 1 spiro atoms. The van der Waals surface area contributed by atoms with Crippen molar-refractivity contribution in [2.24, 2.45) is 11.8 Å². The van der Waals surface area contributed by atoms with Crippen molar-refractivity contribution in [2.75, 3.05) is 32.8 Å². The van der Waals surface area contributed by atoms with Crippen molar-refractivity contribution >= 4 is 45.5 Å². The van der Waals surface area contributed by atoms with E-state index in [1.54, 1.807) is 28.8 Å². The zero-order valence-electron chi connectivity index (χ0n) is 19.3. The number of nitrogens with zero attached hydrogens (tertiary/aromatic N) is 2. The van der Waals surface area contributed by atoms with Gasteiger partial charge in [0.15, 0.2) is 0 Å². The molecular formula is C24H35BrN2O5S. The average Bonchev–Trinajstić information content (AvgIpc) is 3.37. The number of hydrogen-bond acceptors (Lipinski definition) is 6. The number of fused-ring (bicyclic) bond motifs is 1. The van der Waals surface area contributed by atoms with E-state index in [-0.39, 0.29) is 47.6 Å². The highest BCUT2D eigenvalue weighted by molar-refractivity contribution is 9.09. The summed E-state index contributed by atoms with van der Waals surface area (Å²) in [5.74, 6) is -1.98. The molecule has 0 saturated carbocycles. The molecule has 3 aliphatic rings. The number of alkyl halides is 1. The molecule has 184 valence electrons. The molecule has 33 heavy (non-hydrogen) atoms. The van der Waals surface area contributed by atoms with Gasteiger partial charge in [-0.25, -0.2) is 0 Å². The smallest absolute Gasteiger partial charge is 0.310 e. The first-order chi connectivity index (χ1) is 15.9. The quantitative estimate of drug-likeness (QED) is 0.166. The van der Waals surface area contributed by atoms with Crippen molar-refractivity contribution in [3.63, 3.8) is 0 Å². The second-order valence-electron chi connectivity index (χ2n) is 8.94. The molecule has 1 N–H and O–H groups in total. The summed E-state index contributed by atoms with van der Waals surface area (Å²) in [5, 5.41) is 9.58. The van der Waals surface area contributed by atoms with Crippen LogP contribution in [-0.2, 0) is 19.1 Å². The molecule has 3 heterocycles. The summed E-state index contributed by atoms with van der Waals surface area (Å²) in [5.41, 5.74) is 0. The van der Waals surface area contributed by atoms with Crippen LogP contribution in [0.15, 0.2) is 25.3 Å². The third kappa shape index (κ3) is 4.78. The Morgan fingerprint density at radius 3 is 2.76 bits per heavy atom. The van der Waals surface area contributed by atoms with Crippen molar-refractivity contribution < 1.29 is 24.2 Å². The van der Waals surface area contributed by atoms with Gasteiger partial charge in [0.1, 0.15) is 6.04 Å². The summed E-state index contributed by atoms with van der Waals surface area (Å²) in [6, 6.07) is -0.718. The molecule has 0 aromatic rings. The Hall–Kier alpha value is -1.32. The molecule has 2 bridgehead atoms. The second-order valence-corrected chi connectivity index (χ2v) is 11.7. The molecule has 3 fully saturated rings. The first-order valence-electron chi connectivity index (χ1n) is 11.8. The Morgan fingerprint density at radius 2 is 2.12 bits per heavy atom. The summed E-state index contributed by atoms with van der Waals surface area (Å²) < 4.78 is 4.78. The Labute approximate surface area is 209 Å². The largest absolute Gasteiger partial charge is 0.465 e. The van der Waals surface area contributed by atoms with E-state index in [9.17, 15) is 19.5 Å². The zero-order chi connectivity index (χ0) is 24.2. The molecule has 3 unspecified atom stereocenters. The number of thioether (sulfide) groups is 1. The first-order valence-corrected chi connectivity index (χ1v) is 13.6. The van der Waals surface area contributed by atoms with Gasteiger partial charge in [0.05, 0.1) is 29.8 Å². The van der Waals surface area contributed by atoms with E-state index in [2.05, 4.69) is 36.0 Å². The van der Waals surface area contributed by atoms with E-state index in [4.69, 9.17) is 4.74 Å². The number of aliphatic hydroxyl groups excluding tert-OH is 1. The SMILES string of the molecule is C=CCCOC(=O)[C@H]1[C@H]2C(=O)N(CCO)C(C(=O)N(CC=C)CCCCC)C23CC(Br)[C@@H]1S3. The molecule has 0 aromatic carbocycles. The molecule has 2 amide bonds. The number of β-amino-alcohol motifs (C(OH)–C–C–N with tert-alkyl or cyclic N) is 1. The average molecular weight is 544 g/mol. The first kappa shape index (κ1) is 26.3. The zero-order valence-corrected chi connectivity index (χ0v) is 21.7. The van der Waals surface area contributed by atoms with Crippen LogP contribution in [0.3, 0.4) is 0 Å². The van der Waals surface area contributed by atoms with Gasteiger partial charge < -0.3 is 19.6 Å². The van der Waals surface area contributed by atoms with Crippen LogP contribution < -0.4 is 0 Å². The van der Waals surface area contributed by atoms with Crippen LogP contribution in [0.5, 0.6) is 0 Å². The predicted octanol–water partition coefficient (Wildman–Crippen LogP) is 2.77. The van der Waals surface area contributed by atoms with Crippen LogP contribution in [0.2, 0.25) is 0 Å². The highest BCUT2D eigenvalue weighted by Crippen LogP contribution is 2.67. The standard InChI is InChI=1S/C24H35BrN2O5S/c1-4-7-9-11-26(10-6-3)22(30)20-24-15-16(25)19(33-24)17(23(31)32-14-8-5-2)18(24)21(29)27(20)12-13-28/h5-6,16-20,28H,2-4,7-15H2,1H3/t16?,17-,18-,19-,20?,24?/m0/s1. The van der Waals surface area contributed by atoms with Crippen LogP contribution in [0.1, 0.15) is 39.0 Å². The Morgan fingerprint density at radius 1 is 1.36 bits per heavy atom. The highest BCUT2D eigenvalue weighted by Gasteiger charge is 2.76. The number of esters is 1. The minimum atomic E-state index is -0.718. The maximum atomic E-state index is 13.9. The van der Waals surface area contributed by atoms with Crippen molar-refractivity contribution in [2.45, 2.75) is 59.9 Å². The summed E-state index contributed by atoms with van der Waals surface area (Å²) in [6.07, 6.45) is 7.48. The Bertz CT molecular complexity index is 780. The van der Waals surface area contributed by atoms with Gasteiger partial charge in [-0.3, -0.25) is 14.4 Å². The molecule has 0 radical (unpaired) electrons. The lowest BCUT2D eigenvalue weighted by molar-refractivity contribution is -0.154. The molecule has 0 aromatic heterocycles. The fourth-order valence-corrected chi connectivity index (χ4v) is 9.13. The summed E-state index contributed by atoms with van der Waals surface area (Å²) in [4.78, 5) is 43.9. The number of ether oxygens (including phenoxy) is 1. The van der Waals surface area contributed by atoms with Crippen LogP contribution in [0.4, 0.5) is 0 Å². The number of halogens is 1. The van der Waals surface area contributed by atoms with Gasteiger partial charge in [0.2, 0.25) is 11.8 Å². The van der Waals surface area contributed by atoms with E-state index >= 15 is 0 Å². The number of aliphatic hydroxyl groups is 1. The third-order valence-electron chi connectivity index (χ3n) is 6.90. The summed E-state index contributed by atoms with van der Waals surface area (Å²) in [6.45, 7) is 10.6. The molecule has 3 aliphatic heterocycles. The van der Waals surface area contributed by atoms with Gasteiger partial charge in [0, 0.05) is 29.7 Å². The number of hydrogen-bond donors (Lipinski definition) is 1. The molecule has 7 nitrogen and oxygen atoms in total. The number of amides is 2. The lowest BCUT2D eigenvalue weighted by Gasteiger charge is -2.37. The van der Waals surface area contributed by atoms with Gasteiger partial charge in [-0.05, 0) is 19.3 Å². The minimum absolute atomic E-state index is 0.000765. The van der Waals surface area contributed by atoms with Gasteiger partial charge in [-0.2, -0.15) is 0 Å². The number of carbonyl (C=O) groups excluding carboxylic acids is 3. The lowest BCUT2D eigenvalue weighted by Crippen LogP contribution is -2.55. The maximum Gasteiger partial charge on any atom is 0.310 e. The van der Waals surface area contributed by atoms with Crippen LogP contribution in [-0.4, -0.2) is 86.4 Å². The fraction of sp³-hybridized carbons (Fsp3) is 0.708. The lowest BCUT2D eigenvalue weighted by atomic mass is 9.71. The summed E-state index contributed by atoms with van der Waals surface area (Å²) >= 11 is 5.31. The minimum Gasteiger partial charge on any atom is -0.465 e. The van der Waals surface area contributed by atoms with E-state index in [1.165, 1.54) is 4.90 Å². The van der Waals surface area contributed by atoms with Crippen molar-refractivity contribution in [1.29, 1.82) is 0 Å². The molecule has 3 saturated heterocycles. The van der Waals surface area contributed by atoms with Crippen LogP contribution in [0, 0.1) is 11.8 Å². The van der Waals surface area contributed by atoms with Crippen molar-refractivity contribution in [3.05, 3.63) is 25.3 Å². The van der Waals surface area contributed by atoms with Gasteiger partial charge in [-0.15, -0.1) is 24.9 Å². The monoisotopic (exact) mass is 542 g/mol. The third-order valence-corrected chi connectivity index (χ3v) is 10.1. The fourth-order valence-electron chi connectivity index (χ4n) is 5.54. The molecule has 0 aliphatic carbocycles. The Kier molecular flexibility index (Phi) is 9.08. The molecule has 9 heteroatoms. The number of carbonyl (C=O) groups is 3. The van der Waals surface area contributed by atoms with Crippen molar-refractivity contribution in [1.82, 2.24) is 9.80 Å². The van der Waals surface area contributed by atoms with E-state index in [1.807, 2.05) is 0 Å². The van der Waals surface area contributed by atoms with Gasteiger partial charge in [0.25, 0.3) is 0 Å². The van der Waals surface area contributed by atoms with Gasteiger partial charge in [-0.1, -0.05) is 47.8 Å². The molecule has 6 atom stereocenters. The van der Waals surface area contributed by atoms with E-state index in [0.717, 1.165) is 19.3 Å². The number of unbranched alkanes of at least 4 members (excludes halogenated alkanes) is 2. The number of likely N-dealkylation sites (tertiary alicyclic amines) is 1. The van der Waals surface area contributed by atoms with Gasteiger partial charge >= 0.3 is 5.97 Å². The normalized spacial score (nSPS) is 32.0. The van der Waals surface area contributed by atoms with Crippen LogP contribution >= 0.6 is 27.7 Å². The summed E-state index contributed by atoms with van der Waals surface area (Å²) in [7, 11) is 0. The number of rotatable bonds is 13. The van der Waals surface area contributed by atoms with Crippen molar-refractivity contribution in [3.8, 4) is 0 Å². The topological polar surface area (TPSA) is 87.1 Å². The predicted molar refractivity (Wildman–Crippen MR) is 133 cm³/mol. The van der Waals surface area contributed by atoms with Crippen LogP contribution in [0.25, 0.3) is 0 Å². The second kappa shape index (κ2) is 11.4. The van der Waals surface area contributed by atoms with E-state index in [0.29, 0.717) is 25.9 Å². The Balaban J connectivity index is 1.94. The maximum absolute atomic E-state index is 13.9. The van der Waals surface area contributed by atoms with E-state index < -0.39 is 22.6 Å². The molecule has 3 rings (SSSR count). The highest BCUT2D eigenvalue weighted by atomic mass is 79.9.